The SMILES string of the molecule is CC(C)C[C@@H](/C=N/NC(N)=O)NC(=O)[C@@H](NS(=O)(=O)c1ccc(F)cc1)C(C)C. The Balaban J connectivity index is 2.97. The van der Waals surface area contributed by atoms with E-state index in [0.29, 0.717) is 6.42 Å². The van der Waals surface area contributed by atoms with Crippen LogP contribution in [0.25, 0.3) is 0 Å². The Labute approximate surface area is 170 Å². The second-order valence-corrected chi connectivity index (χ2v) is 9.01. The highest BCUT2D eigenvalue weighted by molar-refractivity contribution is 7.89. The molecule has 0 aliphatic carbocycles. The highest BCUT2D eigenvalue weighted by Crippen LogP contribution is 2.13. The predicted molar refractivity (Wildman–Crippen MR) is 108 cm³/mol. The molecule has 11 heteroatoms. The minimum absolute atomic E-state index is 0.150. The Kier molecular flexibility index (Phi) is 9.18. The van der Waals surface area contributed by atoms with Gasteiger partial charge in [-0.15, -0.1) is 0 Å². The van der Waals surface area contributed by atoms with E-state index in [1.165, 1.54) is 6.21 Å². The fourth-order valence-electron chi connectivity index (χ4n) is 2.47. The number of hydrogen-bond acceptors (Lipinski definition) is 5. The molecule has 1 aromatic carbocycles. The summed E-state index contributed by atoms with van der Waals surface area (Å²) in [6, 6.07) is 1.83. The minimum atomic E-state index is -4.04. The van der Waals surface area contributed by atoms with Crippen molar-refractivity contribution in [3.63, 3.8) is 0 Å². The average Bonchev–Trinajstić information content (AvgIpc) is 2.58. The Hall–Kier alpha value is -2.53. The quantitative estimate of drug-likeness (QED) is 0.328. The molecule has 0 fully saturated rings. The van der Waals surface area contributed by atoms with Gasteiger partial charge in [-0.2, -0.15) is 9.82 Å². The maximum absolute atomic E-state index is 13.1. The van der Waals surface area contributed by atoms with Gasteiger partial charge in [0, 0.05) is 6.21 Å². The molecule has 162 valence electrons. The van der Waals surface area contributed by atoms with Crippen LogP contribution in [0.2, 0.25) is 0 Å². The van der Waals surface area contributed by atoms with Gasteiger partial charge in [-0.05, 0) is 42.5 Å². The van der Waals surface area contributed by atoms with Crippen LogP contribution in [-0.4, -0.2) is 38.7 Å². The van der Waals surface area contributed by atoms with Gasteiger partial charge < -0.3 is 11.1 Å². The molecule has 0 aliphatic rings. The number of halogens is 1. The van der Waals surface area contributed by atoms with Crippen molar-refractivity contribution in [3.05, 3.63) is 30.1 Å². The predicted octanol–water partition coefficient (Wildman–Crippen LogP) is 1.31. The van der Waals surface area contributed by atoms with E-state index in [0.717, 1.165) is 24.3 Å². The number of primary amides is 1. The van der Waals surface area contributed by atoms with E-state index in [4.69, 9.17) is 5.73 Å². The van der Waals surface area contributed by atoms with Crippen molar-refractivity contribution in [2.24, 2.45) is 22.7 Å². The largest absolute Gasteiger partial charge is 0.350 e. The Morgan fingerprint density at radius 1 is 1.17 bits per heavy atom. The maximum Gasteiger partial charge on any atom is 0.332 e. The molecule has 1 rings (SSSR count). The number of nitrogens with two attached hydrogens (primary N) is 1. The lowest BCUT2D eigenvalue weighted by molar-refractivity contribution is -0.124. The van der Waals surface area contributed by atoms with Gasteiger partial charge >= 0.3 is 6.03 Å². The van der Waals surface area contributed by atoms with E-state index in [-0.39, 0.29) is 16.7 Å². The third kappa shape index (κ3) is 8.57. The summed E-state index contributed by atoms with van der Waals surface area (Å²) in [6.45, 7) is 7.26. The third-order valence-corrected chi connectivity index (χ3v) is 5.29. The summed E-state index contributed by atoms with van der Waals surface area (Å²) in [5.74, 6) is -1.30. The summed E-state index contributed by atoms with van der Waals surface area (Å²) in [5, 5.41) is 6.39. The van der Waals surface area contributed by atoms with Crippen molar-refractivity contribution >= 4 is 28.2 Å². The number of hydrogen-bond donors (Lipinski definition) is 4. The average molecular weight is 430 g/mol. The molecule has 2 atom stereocenters. The summed E-state index contributed by atoms with van der Waals surface area (Å²) in [6.07, 6.45) is 1.83. The minimum Gasteiger partial charge on any atom is -0.350 e. The molecule has 0 saturated heterocycles. The van der Waals surface area contributed by atoms with Crippen LogP contribution in [0.4, 0.5) is 9.18 Å². The first-order chi connectivity index (χ1) is 13.4. The van der Waals surface area contributed by atoms with Crippen molar-refractivity contribution < 1.29 is 22.4 Å². The molecule has 29 heavy (non-hydrogen) atoms. The highest BCUT2D eigenvalue weighted by Gasteiger charge is 2.29. The van der Waals surface area contributed by atoms with Crippen molar-refractivity contribution in [3.8, 4) is 0 Å². The van der Waals surface area contributed by atoms with Gasteiger partial charge in [-0.3, -0.25) is 4.79 Å². The van der Waals surface area contributed by atoms with Gasteiger partial charge in [0.05, 0.1) is 10.9 Å². The van der Waals surface area contributed by atoms with Crippen LogP contribution in [0, 0.1) is 17.7 Å². The highest BCUT2D eigenvalue weighted by atomic mass is 32.2. The molecule has 0 spiro atoms. The molecule has 0 unspecified atom stereocenters. The van der Waals surface area contributed by atoms with Gasteiger partial charge in [-0.1, -0.05) is 27.7 Å². The first kappa shape index (κ1) is 24.5. The number of carbonyl (C=O) groups is 2. The fraction of sp³-hybridized carbons (Fsp3) is 0.500. The number of nitrogens with zero attached hydrogens (tertiary/aromatic N) is 1. The van der Waals surface area contributed by atoms with E-state index in [2.05, 4.69) is 20.6 Å². The summed E-state index contributed by atoms with van der Waals surface area (Å²) >= 11 is 0. The Bertz CT molecular complexity index is 825. The van der Waals surface area contributed by atoms with Crippen LogP contribution in [0.3, 0.4) is 0 Å². The van der Waals surface area contributed by atoms with Crippen LogP contribution in [0.1, 0.15) is 34.1 Å². The van der Waals surface area contributed by atoms with E-state index < -0.39 is 39.9 Å². The zero-order valence-corrected chi connectivity index (χ0v) is 17.7. The molecule has 0 aliphatic heterocycles. The second-order valence-electron chi connectivity index (χ2n) is 7.30. The number of nitrogens with one attached hydrogen (secondary N) is 3. The molecular formula is C18H28FN5O4S. The molecule has 0 radical (unpaired) electrons. The first-order valence-corrected chi connectivity index (χ1v) is 10.6. The lowest BCUT2D eigenvalue weighted by Crippen LogP contribution is -2.52. The number of hydrazone groups is 1. The summed E-state index contributed by atoms with van der Waals surface area (Å²) in [7, 11) is -4.04. The number of sulfonamides is 1. The van der Waals surface area contributed by atoms with Gasteiger partial charge in [-0.25, -0.2) is 23.0 Å². The summed E-state index contributed by atoms with van der Waals surface area (Å²) in [4.78, 5) is 23.4. The molecule has 3 amide bonds. The number of carbonyl (C=O) groups excluding carboxylic acids is 2. The zero-order valence-electron chi connectivity index (χ0n) is 16.8. The van der Waals surface area contributed by atoms with Crippen LogP contribution < -0.4 is 21.2 Å². The van der Waals surface area contributed by atoms with Crippen LogP contribution in [-0.2, 0) is 14.8 Å². The lowest BCUT2D eigenvalue weighted by atomic mass is 10.0. The topological polar surface area (TPSA) is 143 Å². The Morgan fingerprint density at radius 3 is 2.24 bits per heavy atom. The second kappa shape index (κ2) is 10.9. The fourth-order valence-corrected chi connectivity index (χ4v) is 3.81. The van der Waals surface area contributed by atoms with Gasteiger partial charge in [0.1, 0.15) is 11.9 Å². The molecule has 0 saturated carbocycles. The van der Waals surface area contributed by atoms with E-state index in [1.807, 2.05) is 13.8 Å². The molecule has 5 N–H and O–H groups in total. The van der Waals surface area contributed by atoms with Crippen molar-refractivity contribution in [2.75, 3.05) is 0 Å². The molecule has 0 aromatic heterocycles. The molecule has 0 bridgehead atoms. The monoisotopic (exact) mass is 429 g/mol. The van der Waals surface area contributed by atoms with Crippen LogP contribution in [0.5, 0.6) is 0 Å². The number of rotatable bonds is 10. The Morgan fingerprint density at radius 2 is 1.76 bits per heavy atom. The third-order valence-electron chi connectivity index (χ3n) is 3.84. The molecule has 1 aromatic rings. The number of benzene rings is 1. The van der Waals surface area contributed by atoms with Crippen LogP contribution >= 0.6 is 0 Å². The smallest absolute Gasteiger partial charge is 0.332 e. The van der Waals surface area contributed by atoms with Crippen molar-refractivity contribution in [1.82, 2.24) is 15.5 Å². The summed E-state index contributed by atoms with van der Waals surface area (Å²) in [5.41, 5.74) is 7.01. The molecular weight excluding hydrogens is 401 g/mol. The van der Waals surface area contributed by atoms with Gasteiger partial charge in [0.25, 0.3) is 0 Å². The van der Waals surface area contributed by atoms with Crippen LogP contribution in [0.15, 0.2) is 34.3 Å². The van der Waals surface area contributed by atoms with Crippen molar-refractivity contribution in [1.29, 1.82) is 0 Å². The summed E-state index contributed by atoms with van der Waals surface area (Å²) < 4.78 is 40.6. The first-order valence-electron chi connectivity index (χ1n) is 9.09. The standard InChI is InChI=1S/C18H28FN5O4S/c1-11(2)9-14(10-21-23-18(20)26)22-17(25)16(12(3)4)24-29(27,28)15-7-5-13(19)6-8-15/h5-8,10-12,14,16,24H,9H2,1-4H3,(H,22,25)(H3,20,23,26)/b21-10+/t14-,16-/m0/s1. The van der Waals surface area contributed by atoms with E-state index in [1.54, 1.807) is 13.8 Å². The maximum atomic E-state index is 13.1. The van der Waals surface area contributed by atoms with Gasteiger partial charge in [0.15, 0.2) is 0 Å². The molecule has 0 heterocycles. The van der Waals surface area contributed by atoms with E-state index in [9.17, 15) is 22.4 Å². The number of amides is 3. The van der Waals surface area contributed by atoms with Crippen molar-refractivity contribution in [2.45, 2.75) is 51.1 Å². The normalized spacial score (nSPS) is 14.2. The lowest BCUT2D eigenvalue weighted by Gasteiger charge is -2.24. The number of urea groups is 1. The molecule has 9 nitrogen and oxygen atoms in total. The van der Waals surface area contributed by atoms with E-state index >= 15 is 0 Å². The zero-order chi connectivity index (χ0) is 22.2. The van der Waals surface area contributed by atoms with Gasteiger partial charge in [0.2, 0.25) is 15.9 Å².